The number of aromatic amines is 1. The number of benzene rings is 2. The summed E-state index contributed by atoms with van der Waals surface area (Å²) in [6.07, 6.45) is 3.67. The monoisotopic (exact) mass is 403 g/mol. The van der Waals surface area contributed by atoms with E-state index in [1.807, 2.05) is 12.1 Å². The summed E-state index contributed by atoms with van der Waals surface area (Å²) in [5, 5.41) is 20.0. The molecule has 1 atom stereocenters. The fraction of sp³-hybridized carbons (Fsp3) is 0.227. The number of hydrogen-bond donors (Lipinski definition) is 2. The third-order valence-corrected chi connectivity index (χ3v) is 5.66. The van der Waals surface area contributed by atoms with Gasteiger partial charge in [0.05, 0.1) is 24.6 Å². The second kappa shape index (κ2) is 7.31. The Morgan fingerprint density at radius 3 is 2.97 bits per heavy atom. The van der Waals surface area contributed by atoms with E-state index in [0.29, 0.717) is 6.54 Å². The van der Waals surface area contributed by atoms with Crippen LogP contribution >= 0.6 is 0 Å². The minimum absolute atomic E-state index is 0.0261. The number of hydrogen-bond acceptors (Lipinski definition) is 5. The number of nitro groups is 1. The molecule has 0 saturated carbocycles. The van der Waals surface area contributed by atoms with Crippen molar-refractivity contribution in [1.82, 2.24) is 20.1 Å². The summed E-state index contributed by atoms with van der Waals surface area (Å²) in [7, 11) is 1.62. The number of aromatic nitrogens is 3. The number of nitrogens with one attached hydrogen (secondary N) is 2. The molecule has 0 saturated heterocycles. The van der Waals surface area contributed by atoms with E-state index in [0.717, 1.165) is 35.4 Å². The van der Waals surface area contributed by atoms with E-state index >= 15 is 0 Å². The molecule has 0 aliphatic carbocycles. The first-order chi connectivity index (χ1) is 14.6. The van der Waals surface area contributed by atoms with Crippen LogP contribution in [0.1, 0.15) is 28.4 Å². The quantitative estimate of drug-likeness (QED) is 0.392. The molecule has 8 nitrogen and oxygen atoms in total. The molecule has 1 aliphatic rings. The third kappa shape index (κ3) is 3.11. The van der Waals surface area contributed by atoms with Crippen molar-refractivity contribution in [3.8, 4) is 5.75 Å². The molecular formula is C22H21N5O3. The fourth-order valence-electron chi connectivity index (χ4n) is 4.27. The van der Waals surface area contributed by atoms with Crippen molar-refractivity contribution in [1.29, 1.82) is 0 Å². The maximum absolute atomic E-state index is 11.0. The van der Waals surface area contributed by atoms with Crippen molar-refractivity contribution in [2.45, 2.75) is 19.0 Å². The van der Waals surface area contributed by atoms with Gasteiger partial charge in [0.2, 0.25) is 0 Å². The van der Waals surface area contributed by atoms with E-state index in [2.05, 4.69) is 45.7 Å². The number of ether oxygens (including phenoxy) is 1. The summed E-state index contributed by atoms with van der Waals surface area (Å²) in [5.41, 5.74) is 5.69. The number of H-pyrrole nitrogens is 1. The molecule has 0 fully saturated rings. The normalized spacial score (nSPS) is 15.8. The molecular weight excluding hydrogens is 382 g/mol. The molecule has 0 spiro atoms. The molecule has 0 amide bonds. The van der Waals surface area contributed by atoms with Gasteiger partial charge >= 0.3 is 5.69 Å². The molecule has 1 aliphatic heterocycles. The lowest BCUT2D eigenvalue weighted by atomic mass is 9.93. The molecule has 5 rings (SSSR count). The van der Waals surface area contributed by atoms with Crippen molar-refractivity contribution >= 4 is 16.6 Å². The second-order valence-corrected chi connectivity index (χ2v) is 7.42. The first-order valence-corrected chi connectivity index (χ1v) is 9.80. The summed E-state index contributed by atoms with van der Waals surface area (Å²) in [6.45, 7) is 1.28. The lowest BCUT2D eigenvalue weighted by molar-refractivity contribution is -0.385. The van der Waals surface area contributed by atoms with Gasteiger partial charge < -0.3 is 15.0 Å². The molecule has 2 aromatic heterocycles. The van der Waals surface area contributed by atoms with Crippen molar-refractivity contribution in [2.75, 3.05) is 13.7 Å². The lowest BCUT2D eigenvalue weighted by Crippen LogP contribution is -2.30. The summed E-state index contributed by atoms with van der Waals surface area (Å²) in [4.78, 5) is 14.1. The molecule has 152 valence electrons. The zero-order valence-corrected chi connectivity index (χ0v) is 16.5. The number of nitrogens with zero attached hydrogens (tertiary/aromatic N) is 3. The largest absolute Gasteiger partial charge is 0.496 e. The first kappa shape index (κ1) is 18.4. The summed E-state index contributed by atoms with van der Waals surface area (Å²) in [6, 6.07) is 14.5. The summed E-state index contributed by atoms with van der Waals surface area (Å²) >= 11 is 0. The topological polar surface area (TPSA) is 98.0 Å². The van der Waals surface area contributed by atoms with E-state index in [1.54, 1.807) is 11.8 Å². The zero-order chi connectivity index (χ0) is 20.7. The standard InChI is InChI=1S/C22H21N5O3/c1-30-20-7-6-14(10-15(20)12-26-13-16(11-24-26)27(28)29)21-22-18(8-9-23-21)17-4-2-3-5-19(17)25-22/h2-7,10-11,13,21,23,25H,8-9,12H2,1H3. The molecule has 2 N–H and O–H groups in total. The highest BCUT2D eigenvalue weighted by molar-refractivity contribution is 5.85. The predicted molar refractivity (Wildman–Crippen MR) is 113 cm³/mol. The molecule has 0 bridgehead atoms. The van der Waals surface area contributed by atoms with E-state index in [9.17, 15) is 10.1 Å². The van der Waals surface area contributed by atoms with Crippen LogP contribution in [0, 0.1) is 10.1 Å². The van der Waals surface area contributed by atoms with Crippen LogP contribution in [0.15, 0.2) is 54.9 Å². The zero-order valence-electron chi connectivity index (χ0n) is 16.5. The number of rotatable bonds is 5. The van der Waals surface area contributed by atoms with Crippen LogP contribution in [0.5, 0.6) is 5.75 Å². The minimum Gasteiger partial charge on any atom is -0.496 e. The van der Waals surface area contributed by atoms with Gasteiger partial charge in [-0.25, -0.2) is 0 Å². The summed E-state index contributed by atoms with van der Waals surface area (Å²) < 4.78 is 7.09. The second-order valence-electron chi connectivity index (χ2n) is 7.42. The van der Waals surface area contributed by atoms with Gasteiger partial charge in [-0.05, 0) is 35.7 Å². The Kier molecular flexibility index (Phi) is 4.48. The Labute approximate surface area is 172 Å². The number of fused-ring (bicyclic) bond motifs is 3. The Morgan fingerprint density at radius 1 is 1.30 bits per heavy atom. The van der Waals surface area contributed by atoms with E-state index in [1.165, 1.54) is 29.0 Å². The van der Waals surface area contributed by atoms with Crippen LogP contribution in [-0.2, 0) is 13.0 Å². The van der Waals surface area contributed by atoms with Gasteiger partial charge in [0.1, 0.15) is 18.1 Å². The Balaban J connectivity index is 1.53. The van der Waals surface area contributed by atoms with E-state index in [4.69, 9.17) is 4.74 Å². The average molecular weight is 403 g/mol. The SMILES string of the molecule is COc1ccc(C2NCCc3c2[nH]c2ccccc32)cc1Cn1cc([N+](=O)[O-])cn1. The van der Waals surface area contributed by atoms with Crippen LogP contribution in [0.2, 0.25) is 0 Å². The molecule has 2 aromatic carbocycles. The van der Waals surface area contributed by atoms with Crippen LogP contribution in [0.3, 0.4) is 0 Å². The Bertz CT molecular complexity index is 1240. The number of para-hydroxylation sites is 1. The van der Waals surface area contributed by atoms with E-state index < -0.39 is 4.92 Å². The maximum atomic E-state index is 11.0. The molecule has 8 heteroatoms. The van der Waals surface area contributed by atoms with Gasteiger partial charge in [0, 0.05) is 28.7 Å². The van der Waals surface area contributed by atoms with E-state index in [-0.39, 0.29) is 11.7 Å². The third-order valence-electron chi connectivity index (χ3n) is 5.66. The smallest absolute Gasteiger partial charge is 0.307 e. The molecule has 0 radical (unpaired) electrons. The highest BCUT2D eigenvalue weighted by Gasteiger charge is 2.25. The van der Waals surface area contributed by atoms with Crippen molar-refractivity contribution in [2.24, 2.45) is 0 Å². The van der Waals surface area contributed by atoms with Crippen LogP contribution in [0.4, 0.5) is 5.69 Å². The van der Waals surface area contributed by atoms with Crippen LogP contribution < -0.4 is 10.1 Å². The van der Waals surface area contributed by atoms with Gasteiger partial charge in [-0.1, -0.05) is 24.3 Å². The molecule has 30 heavy (non-hydrogen) atoms. The average Bonchev–Trinajstić information content (AvgIpc) is 3.38. The van der Waals surface area contributed by atoms with Crippen molar-refractivity contribution in [3.63, 3.8) is 0 Å². The van der Waals surface area contributed by atoms with Gasteiger partial charge in [0.25, 0.3) is 0 Å². The Hall–Kier alpha value is -3.65. The predicted octanol–water partition coefficient (Wildman–Crippen LogP) is 3.56. The van der Waals surface area contributed by atoms with Crippen molar-refractivity contribution in [3.05, 3.63) is 87.4 Å². The minimum atomic E-state index is -0.444. The molecule has 3 heterocycles. The lowest BCUT2D eigenvalue weighted by Gasteiger charge is -2.25. The van der Waals surface area contributed by atoms with Crippen LogP contribution in [-0.4, -0.2) is 33.3 Å². The number of methoxy groups -OCH3 is 1. The molecule has 4 aromatic rings. The highest BCUT2D eigenvalue weighted by atomic mass is 16.6. The fourth-order valence-corrected chi connectivity index (χ4v) is 4.27. The van der Waals surface area contributed by atoms with Gasteiger partial charge in [-0.3, -0.25) is 14.8 Å². The van der Waals surface area contributed by atoms with Crippen LogP contribution in [0.25, 0.3) is 10.9 Å². The van der Waals surface area contributed by atoms with Gasteiger partial charge in [-0.15, -0.1) is 0 Å². The first-order valence-electron chi connectivity index (χ1n) is 9.80. The maximum Gasteiger partial charge on any atom is 0.307 e. The van der Waals surface area contributed by atoms with Crippen molar-refractivity contribution < 1.29 is 9.66 Å². The Morgan fingerprint density at radius 2 is 2.17 bits per heavy atom. The van der Waals surface area contributed by atoms with Gasteiger partial charge in [0.15, 0.2) is 0 Å². The molecule has 1 unspecified atom stereocenters. The summed E-state index contributed by atoms with van der Waals surface area (Å²) in [5.74, 6) is 0.726. The van der Waals surface area contributed by atoms with Gasteiger partial charge in [-0.2, -0.15) is 5.10 Å². The highest BCUT2D eigenvalue weighted by Crippen LogP contribution is 2.35.